The molecule has 0 amide bonds. The van der Waals surface area contributed by atoms with Gasteiger partial charge in [-0.15, -0.1) is 23.5 Å². The van der Waals surface area contributed by atoms with Crippen molar-refractivity contribution >= 4 is 11.4 Å². The molecule has 38 heavy (non-hydrogen) atoms. The van der Waals surface area contributed by atoms with Gasteiger partial charge in [-0.2, -0.15) is 0 Å². The van der Waals surface area contributed by atoms with Gasteiger partial charge in [-0.1, -0.05) is 128 Å². The topological polar surface area (TPSA) is 48.4 Å². The van der Waals surface area contributed by atoms with E-state index in [9.17, 15) is 5.11 Å². The van der Waals surface area contributed by atoms with Crippen molar-refractivity contribution in [2.75, 3.05) is 0 Å². The fourth-order valence-corrected chi connectivity index (χ4v) is 4.75. The molecule has 0 spiro atoms. The molecular weight excluding hydrogens is 571 g/mol. The first-order valence-corrected chi connectivity index (χ1v) is 13.3. The zero-order valence-electron chi connectivity index (χ0n) is 26.7. The molecule has 0 aromatic heterocycles. The van der Waals surface area contributed by atoms with Gasteiger partial charge in [0.05, 0.1) is 6.10 Å². The normalized spacial score (nSPS) is 13.1. The Balaban J connectivity index is -0.00000306. The van der Waals surface area contributed by atoms with Crippen molar-refractivity contribution in [3.8, 4) is 0 Å². The molecule has 0 radical (unpaired) electrons. The second kappa shape index (κ2) is 19.3. The van der Waals surface area contributed by atoms with E-state index in [0.29, 0.717) is 36.5 Å². The van der Waals surface area contributed by atoms with E-state index in [-0.39, 0.29) is 65.9 Å². The molecule has 3 nitrogen and oxygen atoms in total. The smallest absolute Gasteiger partial charge is 0.681 e. The molecule has 0 heterocycles. The van der Waals surface area contributed by atoms with Crippen molar-refractivity contribution in [3.63, 3.8) is 0 Å². The van der Waals surface area contributed by atoms with Crippen LogP contribution < -0.4 is 0 Å². The molecule has 0 bridgehead atoms. The summed E-state index contributed by atoms with van der Waals surface area (Å²) in [5, 5.41) is 21.2. The van der Waals surface area contributed by atoms with Crippen molar-refractivity contribution in [3.05, 3.63) is 84.1 Å². The molecule has 0 saturated carbocycles. The SMILES string of the molecule is CC(CC(O)CC(C)[N-]c1c(C(C)C)cccc1C(C)C)[N-]c1c(C(C)C)cccc1C(C)C.[CH3-].[CH3-].[Zn+2].[Zn+2]. The number of hydrogen-bond acceptors (Lipinski definition) is 1. The van der Waals surface area contributed by atoms with Gasteiger partial charge < -0.3 is 30.6 Å². The summed E-state index contributed by atoms with van der Waals surface area (Å²) >= 11 is 0. The van der Waals surface area contributed by atoms with Crippen molar-refractivity contribution < 1.29 is 44.1 Å². The molecule has 1 N–H and O–H groups in total. The first-order valence-electron chi connectivity index (χ1n) is 13.3. The fourth-order valence-electron chi connectivity index (χ4n) is 4.75. The van der Waals surface area contributed by atoms with Gasteiger partial charge in [-0.25, -0.2) is 0 Å². The van der Waals surface area contributed by atoms with Crippen molar-refractivity contribution in [2.24, 2.45) is 0 Å². The molecule has 0 aliphatic rings. The van der Waals surface area contributed by atoms with Crippen molar-refractivity contribution in [1.82, 2.24) is 0 Å². The minimum atomic E-state index is -0.431. The zero-order chi connectivity index (χ0) is 25.6. The number of hydrogen-bond donors (Lipinski definition) is 1. The summed E-state index contributed by atoms with van der Waals surface area (Å²) in [7, 11) is 0. The maximum Gasteiger partial charge on any atom is 2.00 e. The number of aliphatic hydroxyl groups excluding tert-OH is 1. The van der Waals surface area contributed by atoms with Crippen LogP contribution in [-0.2, 0) is 39.0 Å². The predicted octanol–water partition coefficient (Wildman–Crippen LogP) is 10.7. The van der Waals surface area contributed by atoms with E-state index in [1.165, 1.54) is 22.3 Å². The second-order valence-corrected chi connectivity index (χ2v) is 11.3. The first kappa shape index (κ1) is 41.7. The van der Waals surface area contributed by atoms with Crippen LogP contribution in [0.1, 0.15) is 128 Å². The minimum Gasteiger partial charge on any atom is -0.681 e. The van der Waals surface area contributed by atoms with Crippen LogP contribution in [0.3, 0.4) is 0 Å². The van der Waals surface area contributed by atoms with E-state index in [1.54, 1.807) is 0 Å². The van der Waals surface area contributed by atoms with Gasteiger partial charge in [0.1, 0.15) is 0 Å². The standard InChI is InChI=1S/C31H48N2O.2CH3.2Zn/c1-19(2)26-13-11-14-27(20(3)4)30(26)32-23(9)17-25(34)18-24(10)33-31-28(21(5)6)15-12-16-29(31)22(7)8;;;;/h11-16,19-25,34H,17-18H2,1-10H3;2*1H3;;/q-2;2*-1;2*+2. The number of benzene rings is 2. The summed E-state index contributed by atoms with van der Waals surface area (Å²) in [4.78, 5) is 0. The van der Waals surface area contributed by atoms with Crippen LogP contribution in [0.25, 0.3) is 10.6 Å². The van der Waals surface area contributed by atoms with E-state index in [4.69, 9.17) is 10.6 Å². The van der Waals surface area contributed by atoms with E-state index in [2.05, 4.69) is 106 Å². The maximum absolute atomic E-state index is 10.9. The molecular formula is C33H54N2OZn2. The average Bonchev–Trinajstić information content (AvgIpc) is 2.72. The summed E-state index contributed by atoms with van der Waals surface area (Å²) in [5.41, 5.74) is 7.42. The van der Waals surface area contributed by atoms with Gasteiger partial charge in [0.15, 0.2) is 0 Å². The zero-order valence-corrected chi connectivity index (χ0v) is 32.6. The molecule has 0 fully saturated rings. The molecule has 0 saturated heterocycles. The van der Waals surface area contributed by atoms with Gasteiger partial charge in [-0.05, 0) is 36.5 Å². The Morgan fingerprint density at radius 2 is 0.763 bits per heavy atom. The third-order valence-corrected chi connectivity index (χ3v) is 6.61. The Bertz CT molecular complexity index is 786. The molecule has 0 aliphatic heterocycles. The van der Waals surface area contributed by atoms with Gasteiger partial charge in [-0.3, -0.25) is 0 Å². The Morgan fingerprint density at radius 1 is 0.526 bits per heavy atom. The van der Waals surface area contributed by atoms with Crippen molar-refractivity contribution in [1.29, 1.82) is 0 Å². The fraction of sp³-hybridized carbons (Fsp3) is 0.576. The molecule has 2 rings (SSSR count). The van der Waals surface area contributed by atoms with Gasteiger partial charge in [0.25, 0.3) is 0 Å². The van der Waals surface area contributed by atoms with Crippen molar-refractivity contribution in [2.45, 2.75) is 124 Å². The van der Waals surface area contributed by atoms with Crippen LogP contribution in [0, 0.1) is 14.9 Å². The monoisotopic (exact) mass is 622 g/mol. The summed E-state index contributed by atoms with van der Waals surface area (Å²) in [6.07, 6.45) is 0.860. The third kappa shape index (κ3) is 11.8. The number of aliphatic hydroxyl groups is 1. The predicted molar refractivity (Wildman–Crippen MR) is 162 cm³/mol. The van der Waals surface area contributed by atoms with E-state index < -0.39 is 6.10 Å². The van der Waals surface area contributed by atoms with Crippen LogP contribution in [0.5, 0.6) is 0 Å². The largest absolute Gasteiger partial charge is 2.00 e. The van der Waals surface area contributed by atoms with Crippen LogP contribution >= 0.6 is 0 Å². The number of para-hydroxylation sites is 2. The Hall–Kier alpha value is -0.753. The van der Waals surface area contributed by atoms with Gasteiger partial charge in [0, 0.05) is 0 Å². The Morgan fingerprint density at radius 3 is 0.974 bits per heavy atom. The molecule has 206 valence electrons. The molecule has 2 aromatic carbocycles. The summed E-state index contributed by atoms with van der Waals surface area (Å²) < 4.78 is 0. The third-order valence-electron chi connectivity index (χ3n) is 6.61. The molecule has 2 atom stereocenters. The minimum absolute atomic E-state index is 0. The summed E-state index contributed by atoms with van der Waals surface area (Å²) in [5.74, 6) is 1.68. The van der Waals surface area contributed by atoms with Crippen LogP contribution in [0.2, 0.25) is 0 Å². The molecule has 5 heteroatoms. The van der Waals surface area contributed by atoms with Crippen LogP contribution in [-0.4, -0.2) is 23.3 Å². The first-order chi connectivity index (χ1) is 15.9. The van der Waals surface area contributed by atoms with E-state index >= 15 is 0 Å². The van der Waals surface area contributed by atoms with E-state index in [1.807, 2.05) is 0 Å². The van der Waals surface area contributed by atoms with Gasteiger partial charge in [0.2, 0.25) is 0 Å². The molecule has 2 aromatic rings. The molecule has 2 unspecified atom stereocenters. The Labute approximate surface area is 262 Å². The average molecular weight is 626 g/mol. The number of nitrogens with zero attached hydrogens (tertiary/aromatic N) is 2. The van der Waals surface area contributed by atoms with Crippen LogP contribution in [0.4, 0.5) is 11.4 Å². The quantitative estimate of drug-likeness (QED) is 0.185. The maximum atomic E-state index is 10.9. The number of rotatable bonds is 12. The summed E-state index contributed by atoms with van der Waals surface area (Å²) in [6, 6.07) is 13.2. The summed E-state index contributed by atoms with van der Waals surface area (Å²) in [6.45, 7) is 22.0. The van der Waals surface area contributed by atoms with Crippen LogP contribution in [0.15, 0.2) is 36.4 Å². The van der Waals surface area contributed by atoms with E-state index in [0.717, 1.165) is 11.4 Å². The second-order valence-electron chi connectivity index (χ2n) is 11.3. The molecule has 0 aliphatic carbocycles. The van der Waals surface area contributed by atoms with Gasteiger partial charge >= 0.3 is 39.0 Å². The Kier molecular flexibility index (Phi) is 21.2.